The molecule has 0 atom stereocenters. The van der Waals surface area contributed by atoms with E-state index in [1.807, 2.05) is 0 Å². The molecule has 0 saturated heterocycles. The molecule has 0 rings (SSSR count). The van der Waals surface area contributed by atoms with E-state index in [0.717, 1.165) is 0 Å². The number of carbonyl (C=O) groups excluding carboxylic acids is 12. The third-order valence-electron chi connectivity index (χ3n) is 3.19. The van der Waals surface area contributed by atoms with Gasteiger partial charge in [-0.1, -0.05) is 0 Å². The Hall–Kier alpha value is -2.71. The van der Waals surface area contributed by atoms with Gasteiger partial charge in [0.2, 0.25) is 0 Å². The van der Waals surface area contributed by atoms with Crippen LogP contribution in [0, 0.1) is 0 Å². The van der Waals surface area contributed by atoms with Crippen molar-refractivity contribution in [1.29, 1.82) is 0 Å². The summed E-state index contributed by atoms with van der Waals surface area (Å²) >= 11 is -6.85. The van der Waals surface area contributed by atoms with Gasteiger partial charge in [0.25, 0.3) is 0 Å². The fraction of sp³-hybridized carbons (Fsp3) is 0. The van der Waals surface area contributed by atoms with Gasteiger partial charge in [-0.05, 0) is 0 Å². The molecule has 12 nitrogen and oxygen atoms in total. The monoisotopic (exact) mass is 588 g/mol. The van der Waals surface area contributed by atoms with E-state index >= 15 is 0 Å². The summed E-state index contributed by atoms with van der Waals surface area (Å²) in [5.74, 6) is 0. The standard InChI is InChI=1S/12CHO.Co.Ta/c12*1-2;;/h12*1H;;. The average molecular weight is 588 g/mol. The Morgan fingerprint density at radius 3 is 0.500 bits per heavy atom. The van der Waals surface area contributed by atoms with Crippen molar-refractivity contribution >= 4 is 58.3 Å². The summed E-state index contributed by atoms with van der Waals surface area (Å²) in [6.45, 7) is 0. The summed E-state index contributed by atoms with van der Waals surface area (Å²) in [6, 6.07) is 0. The van der Waals surface area contributed by atoms with E-state index in [2.05, 4.69) is 0 Å². The summed E-state index contributed by atoms with van der Waals surface area (Å²) in [5.41, 5.74) is 0. The van der Waals surface area contributed by atoms with Crippen LogP contribution in [0.5, 0.6) is 0 Å². The molecule has 0 fully saturated rings. The molecule has 0 bridgehead atoms. The van der Waals surface area contributed by atoms with E-state index in [9.17, 15) is 57.5 Å². The Kier molecular flexibility index (Phi) is 6.42. The van der Waals surface area contributed by atoms with Crippen LogP contribution in [0.2, 0.25) is 0 Å². The van der Waals surface area contributed by atoms with Gasteiger partial charge < -0.3 is 0 Å². The van der Waals surface area contributed by atoms with Gasteiger partial charge in [-0.15, -0.1) is 0 Å². The van der Waals surface area contributed by atoms with Gasteiger partial charge in [-0.25, -0.2) is 0 Å². The van der Waals surface area contributed by atoms with E-state index in [-0.39, 0.29) is 27.0 Å². The molecule has 0 aromatic carbocycles. The van der Waals surface area contributed by atoms with Gasteiger partial charge in [0, 0.05) is 0 Å². The zero-order valence-corrected chi connectivity index (χ0v) is 16.9. The molecule has 14 heteroatoms. The predicted octanol–water partition coefficient (Wildman–Crippen LogP) is -3.29. The topological polar surface area (TPSA) is 205 Å². The zero-order chi connectivity index (χ0) is 21.3. The van der Waals surface area contributed by atoms with Crippen molar-refractivity contribution in [3.05, 3.63) is 0 Å². The number of hydrogen-bond donors (Lipinski definition) is 0. The molecule has 0 unspecified atom stereocenters. The van der Waals surface area contributed by atoms with Gasteiger partial charge in [0.1, 0.15) is 0 Å². The Morgan fingerprint density at radius 1 is 0.346 bits per heavy atom. The molecular formula is C12H12CoO12Ta. The van der Waals surface area contributed by atoms with E-state index in [0.29, 0.717) is 0 Å². The van der Waals surface area contributed by atoms with Gasteiger partial charge in [-0.2, -0.15) is 0 Å². The fourth-order valence-corrected chi connectivity index (χ4v) is 4.20. The first-order valence-electron chi connectivity index (χ1n) is 5.53. The summed E-state index contributed by atoms with van der Waals surface area (Å²) < 4.78 is -2.26. The first kappa shape index (κ1) is 25.5. The van der Waals surface area contributed by atoms with Crippen molar-refractivity contribution < 1.29 is 82.6 Å². The van der Waals surface area contributed by atoms with E-state index in [4.69, 9.17) is 0 Å². The molecule has 0 aliphatic carbocycles. The maximum atomic E-state index is 10.6. The molecule has 0 amide bonds. The Balaban J connectivity index is 0. The fourth-order valence-electron chi connectivity index (χ4n) is 0.650. The Labute approximate surface area is 140 Å². The van der Waals surface area contributed by atoms with Crippen molar-refractivity contribution in [3.8, 4) is 0 Å². The molecule has 0 aliphatic heterocycles. The van der Waals surface area contributed by atoms with Crippen molar-refractivity contribution in [1.82, 2.24) is 0 Å². The molecule has 146 valence electrons. The van der Waals surface area contributed by atoms with Gasteiger partial charge in [0.15, 0.2) is 0 Å². The van der Waals surface area contributed by atoms with Crippen LogP contribution in [0.25, 0.3) is 0 Å². The molecule has 0 aromatic heterocycles. The third kappa shape index (κ3) is 2.67. The molecule has 0 heterocycles. The number of carbonyl (C=O) groups is 12. The second kappa shape index (κ2) is 6.54. The van der Waals surface area contributed by atoms with Crippen LogP contribution in [0.15, 0.2) is 0 Å². The predicted molar refractivity (Wildman–Crippen MR) is 81.0 cm³/mol. The minimum atomic E-state index is -6.85. The summed E-state index contributed by atoms with van der Waals surface area (Å²) in [6.07, 6.45) is 0. The van der Waals surface area contributed by atoms with Crippen molar-refractivity contribution in [3.63, 3.8) is 0 Å². The second-order valence-corrected chi connectivity index (χ2v) is 32.3. The normalized spacial score (nSPS) is 15.7. The van der Waals surface area contributed by atoms with Crippen LogP contribution in [0.4, 0.5) is 0 Å². The molecule has 0 N–H and O–H groups in total. The van der Waals surface area contributed by atoms with E-state index in [1.165, 1.54) is 0 Å². The first-order chi connectivity index (χ1) is 11.9. The van der Waals surface area contributed by atoms with Crippen LogP contribution in [0.3, 0.4) is 0 Å². The van der Waals surface area contributed by atoms with E-state index in [1.54, 1.807) is 0 Å². The van der Waals surface area contributed by atoms with Crippen molar-refractivity contribution in [2.24, 2.45) is 0 Å². The van der Waals surface area contributed by atoms with Gasteiger partial charge >= 0.3 is 141 Å². The minimum absolute atomic E-state index is 0.377. The van der Waals surface area contributed by atoms with Crippen LogP contribution in [-0.4, -0.2) is 58.3 Å². The molecule has 0 aliphatic rings. The van der Waals surface area contributed by atoms with Gasteiger partial charge in [0.05, 0.1) is 0 Å². The molecule has 0 aromatic rings. The SMILES string of the molecule is O=[CH][Co]([CH]=O)([CH]=O)([CH]=O)([CH]=O)[CH]=O.O=[CH][Ta]([CH]=O)([CH]=O)([CH]=O)([CH]=O)[CH]=O. The average Bonchev–Trinajstić information content (AvgIpc) is 2.77. The molecular weight excluding hydrogens is 576 g/mol. The summed E-state index contributed by atoms with van der Waals surface area (Å²) in [7, 11) is -5.95. The third-order valence-corrected chi connectivity index (χ3v) is 20.6. The second-order valence-electron chi connectivity index (χ2n) is 5.01. The van der Waals surface area contributed by atoms with Crippen LogP contribution in [-0.2, 0) is 82.6 Å². The summed E-state index contributed by atoms with van der Waals surface area (Å²) in [5, 5.41) is -2.69. The van der Waals surface area contributed by atoms with Crippen LogP contribution < -0.4 is 0 Å². The van der Waals surface area contributed by atoms with Crippen LogP contribution in [0.1, 0.15) is 0 Å². The summed E-state index contributed by atoms with van der Waals surface area (Å²) in [4.78, 5) is 127. The maximum absolute atomic E-state index is 10.6. The van der Waals surface area contributed by atoms with Crippen LogP contribution >= 0.6 is 0 Å². The van der Waals surface area contributed by atoms with Gasteiger partial charge in [-0.3, -0.25) is 0 Å². The van der Waals surface area contributed by atoms with Crippen molar-refractivity contribution in [2.75, 3.05) is 0 Å². The molecule has 0 spiro atoms. The molecule has 26 heavy (non-hydrogen) atoms. The molecule has 0 radical (unpaired) electrons. The zero-order valence-electron chi connectivity index (χ0n) is 12.6. The number of rotatable bonds is 12. The van der Waals surface area contributed by atoms with E-state index < -0.39 is 56.4 Å². The number of hydrogen-bond acceptors (Lipinski definition) is 12. The molecule has 0 saturated carbocycles. The Bertz CT molecular complexity index is 534. The Morgan fingerprint density at radius 2 is 0.500 bits per heavy atom. The van der Waals surface area contributed by atoms with Crippen molar-refractivity contribution in [2.45, 2.75) is 0 Å². The first-order valence-corrected chi connectivity index (χ1v) is 20.3. The quantitative estimate of drug-likeness (QED) is 0.206.